The number of nitrogens with one attached hydrogen (secondary N) is 1. The summed E-state index contributed by atoms with van der Waals surface area (Å²) in [5.74, 6) is 0.541. The van der Waals surface area contributed by atoms with E-state index < -0.39 is 0 Å². The third-order valence-electron chi connectivity index (χ3n) is 7.04. The highest BCUT2D eigenvalue weighted by molar-refractivity contribution is 5.67. The Hall–Kier alpha value is -1.03. The van der Waals surface area contributed by atoms with Crippen molar-refractivity contribution in [2.75, 3.05) is 13.2 Å². The van der Waals surface area contributed by atoms with Gasteiger partial charge in [-0.15, -0.1) is 0 Å². The quantitative estimate of drug-likeness (QED) is 0.646. The highest BCUT2D eigenvalue weighted by Gasteiger charge is 2.54. The maximum absolute atomic E-state index is 12.2. The van der Waals surface area contributed by atoms with E-state index in [4.69, 9.17) is 9.47 Å². The molecule has 0 spiro atoms. The molecule has 4 rings (SSSR count). The largest absolute Gasteiger partial charge is 0.449 e. The van der Waals surface area contributed by atoms with Crippen LogP contribution in [0.2, 0.25) is 0 Å². The van der Waals surface area contributed by atoms with E-state index in [0.717, 1.165) is 51.6 Å². The lowest BCUT2D eigenvalue weighted by Crippen LogP contribution is -2.57. The maximum Gasteiger partial charge on any atom is 0.407 e. The first kappa shape index (κ1) is 19.7. The summed E-state index contributed by atoms with van der Waals surface area (Å²) in [6, 6.07) is 0.308. The fourth-order valence-corrected chi connectivity index (χ4v) is 5.09. The molecule has 3 unspecified atom stereocenters. The first-order valence-corrected chi connectivity index (χ1v) is 10.6. The molecule has 2 saturated carbocycles. The van der Waals surface area contributed by atoms with E-state index in [2.05, 4.69) is 32.2 Å². The van der Waals surface area contributed by atoms with E-state index in [0.29, 0.717) is 18.6 Å². The Balaban J connectivity index is 1.47. The number of carbonyl (C=O) groups excluding carboxylic acids is 1. The molecule has 0 aromatic rings. The van der Waals surface area contributed by atoms with Gasteiger partial charge in [-0.2, -0.15) is 0 Å². The van der Waals surface area contributed by atoms with Crippen molar-refractivity contribution in [3.8, 4) is 0 Å². The average Bonchev–Trinajstić information content (AvgIpc) is 2.62. The Morgan fingerprint density at radius 2 is 2.00 bits per heavy atom. The molecule has 1 N–H and O–H groups in total. The normalized spacial score (nSPS) is 34.3. The minimum Gasteiger partial charge on any atom is -0.449 e. The average molecular weight is 364 g/mol. The summed E-state index contributed by atoms with van der Waals surface area (Å²) in [6.07, 6.45) is 13.5. The number of carbonyl (C=O) groups is 1. The predicted octanol–water partition coefficient (Wildman–Crippen LogP) is 5.37. The van der Waals surface area contributed by atoms with Gasteiger partial charge in [-0.05, 0) is 64.7 Å². The highest BCUT2D eigenvalue weighted by atomic mass is 16.6. The van der Waals surface area contributed by atoms with E-state index in [1.54, 1.807) is 0 Å². The van der Waals surface area contributed by atoms with Gasteiger partial charge in [0.15, 0.2) is 0 Å². The molecule has 3 atom stereocenters. The van der Waals surface area contributed by atoms with Crippen LogP contribution in [0.3, 0.4) is 0 Å². The fraction of sp³-hybridized carbons (Fsp3) is 0.864. The Bertz CT molecular complexity index is 509. The van der Waals surface area contributed by atoms with E-state index in [1.807, 2.05) is 0 Å². The Kier molecular flexibility index (Phi) is 6.32. The first-order valence-electron chi connectivity index (χ1n) is 10.6. The van der Waals surface area contributed by atoms with Crippen LogP contribution < -0.4 is 5.32 Å². The molecule has 4 nitrogen and oxygen atoms in total. The summed E-state index contributed by atoms with van der Waals surface area (Å²) in [4.78, 5) is 12.2. The molecule has 2 aliphatic heterocycles. The third kappa shape index (κ3) is 4.62. The van der Waals surface area contributed by atoms with Gasteiger partial charge in [-0.3, -0.25) is 0 Å². The molecule has 2 heterocycles. The minimum atomic E-state index is -0.232. The molecular weight excluding hydrogens is 326 g/mol. The number of rotatable bonds is 6. The van der Waals surface area contributed by atoms with Gasteiger partial charge in [0.25, 0.3) is 0 Å². The molecule has 2 bridgehead atoms. The monoisotopic (exact) mass is 363 g/mol. The minimum absolute atomic E-state index is 0.0160. The number of hydrogen-bond donors (Lipinski definition) is 1. The van der Waals surface area contributed by atoms with Gasteiger partial charge >= 0.3 is 6.09 Å². The van der Waals surface area contributed by atoms with Gasteiger partial charge in [0, 0.05) is 11.5 Å². The maximum atomic E-state index is 12.2. The van der Waals surface area contributed by atoms with Crippen LogP contribution in [0.1, 0.15) is 85.0 Å². The number of hydrogen-bond acceptors (Lipinski definition) is 3. The van der Waals surface area contributed by atoms with E-state index in [9.17, 15) is 4.79 Å². The Morgan fingerprint density at radius 1 is 1.23 bits per heavy atom. The molecule has 2 saturated heterocycles. The molecule has 148 valence electrons. The van der Waals surface area contributed by atoms with E-state index >= 15 is 0 Å². The zero-order chi connectivity index (χ0) is 18.6. The predicted molar refractivity (Wildman–Crippen MR) is 104 cm³/mol. The molecule has 26 heavy (non-hydrogen) atoms. The van der Waals surface area contributed by atoms with Crippen molar-refractivity contribution >= 4 is 6.09 Å². The molecule has 4 fully saturated rings. The lowest BCUT2D eigenvalue weighted by atomic mass is 9.59. The number of ether oxygens (including phenoxy) is 2. The molecular formula is C22H37NO3. The standard InChI is InChI=1S/C22H37NO3/c1-17(2)8-7-11-22-13-12-21(16-26-22,18(3)14-22)15-25-20(24)23-19-9-5-4-6-10-19/h8,18-19H,4-7,9-16H2,1-3H3,(H,23,24). The molecule has 0 radical (unpaired) electrons. The van der Waals surface area contributed by atoms with E-state index in [-0.39, 0.29) is 17.1 Å². The summed E-state index contributed by atoms with van der Waals surface area (Å²) in [5.41, 5.74) is 1.45. The second-order valence-electron chi connectivity index (χ2n) is 9.31. The number of allylic oxidation sites excluding steroid dienone is 2. The van der Waals surface area contributed by atoms with Crippen LogP contribution >= 0.6 is 0 Å². The van der Waals surface area contributed by atoms with Gasteiger partial charge in [-0.25, -0.2) is 4.79 Å². The van der Waals surface area contributed by atoms with Crippen LogP contribution in [0.5, 0.6) is 0 Å². The van der Waals surface area contributed by atoms with Gasteiger partial charge in [-0.1, -0.05) is 37.8 Å². The van der Waals surface area contributed by atoms with Gasteiger partial charge in [0.05, 0.1) is 12.2 Å². The second kappa shape index (κ2) is 8.33. The van der Waals surface area contributed by atoms with Crippen LogP contribution in [-0.4, -0.2) is 30.9 Å². The molecule has 0 aromatic carbocycles. The Morgan fingerprint density at radius 3 is 2.62 bits per heavy atom. The van der Waals surface area contributed by atoms with Crippen LogP contribution in [0.15, 0.2) is 11.6 Å². The van der Waals surface area contributed by atoms with Crippen LogP contribution in [0.4, 0.5) is 4.79 Å². The summed E-state index contributed by atoms with van der Waals surface area (Å²) in [5, 5.41) is 3.06. The van der Waals surface area contributed by atoms with Crippen molar-refractivity contribution in [1.82, 2.24) is 5.32 Å². The van der Waals surface area contributed by atoms with Gasteiger partial charge in [0.1, 0.15) is 6.61 Å². The molecule has 2 aliphatic carbocycles. The Labute approximate surface area is 159 Å². The third-order valence-corrected chi connectivity index (χ3v) is 7.04. The lowest BCUT2D eigenvalue weighted by Gasteiger charge is -2.56. The highest BCUT2D eigenvalue weighted by Crippen LogP contribution is 2.54. The second-order valence-corrected chi connectivity index (χ2v) is 9.31. The van der Waals surface area contributed by atoms with Crippen molar-refractivity contribution < 1.29 is 14.3 Å². The topological polar surface area (TPSA) is 47.6 Å². The summed E-state index contributed by atoms with van der Waals surface area (Å²) in [7, 11) is 0. The summed E-state index contributed by atoms with van der Waals surface area (Å²) >= 11 is 0. The SMILES string of the molecule is CC(C)=CCCC12CCC(COC(=O)NC3CCCCC3)(CO1)C(C)C2. The van der Waals surface area contributed by atoms with E-state index in [1.165, 1.54) is 24.8 Å². The van der Waals surface area contributed by atoms with Crippen molar-refractivity contribution in [2.45, 2.75) is 96.6 Å². The summed E-state index contributed by atoms with van der Waals surface area (Å²) in [6.45, 7) is 7.86. The number of fused-ring (bicyclic) bond motifs is 3. The van der Waals surface area contributed by atoms with Crippen molar-refractivity contribution in [2.24, 2.45) is 11.3 Å². The number of amides is 1. The first-order chi connectivity index (χ1) is 12.4. The summed E-state index contributed by atoms with van der Waals surface area (Å²) < 4.78 is 12.0. The van der Waals surface area contributed by atoms with Crippen molar-refractivity contribution in [3.63, 3.8) is 0 Å². The molecule has 1 amide bonds. The smallest absolute Gasteiger partial charge is 0.407 e. The zero-order valence-corrected chi connectivity index (χ0v) is 16.9. The van der Waals surface area contributed by atoms with Crippen LogP contribution in [0.25, 0.3) is 0 Å². The molecule has 4 heteroatoms. The molecule has 0 aromatic heterocycles. The van der Waals surface area contributed by atoms with Crippen LogP contribution in [-0.2, 0) is 9.47 Å². The van der Waals surface area contributed by atoms with Crippen LogP contribution in [0, 0.1) is 11.3 Å². The molecule has 4 aliphatic rings. The van der Waals surface area contributed by atoms with Crippen molar-refractivity contribution in [1.29, 1.82) is 0 Å². The van der Waals surface area contributed by atoms with Gasteiger partial charge < -0.3 is 14.8 Å². The lowest BCUT2D eigenvalue weighted by molar-refractivity contribution is -0.220. The fourth-order valence-electron chi connectivity index (χ4n) is 5.09. The number of alkyl carbamates (subject to hydrolysis) is 1. The van der Waals surface area contributed by atoms with Gasteiger partial charge in [0.2, 0.25) is 0 Å². The zero-order valence-electron chi connectivity index (χ0n) is 16.9. The van der Waals surface area contributed by atoms with Crippen molar-refractivity contribution in [3.05, 3.63) is 11.6 Å².